The summed E-state index contributed by atoms with van der Waals surface area (Å²) in [5, 5.41) is 2.92. The first-order valence-corrected chi connectivity index (χ1v) is 8.43. The Balaban J connectivity index is 1.42. The molecule has 0 aromatic carbocycles. The third kappa shape index (κ3) is 3.39. The van der Waals surface area contributed by atoms with Gasteiger partial charge in [-0.15, -0.1) is 0 Å². The minimum absolute atomic E-state index is 0.00131. The van der Waals surface area contributed by atoms with E-state index in [1.807, 2.05) is 4.90 Å². The van der Waals surface area contributed by atoms with Gasteiger partial charge in [0.15, 0.2) is 0 Å². The fourth-order valence-electron chi connectivity index (χ4n) is 4.04. The minimum Gasteiger partial charge on any atom is -0.352 e. The first-order valence-electron chi connectivity index (χ1n) is 8.43. The number of carbonyl (C=O) groups excluding carboxylic acids is 2. The van der Waals surface area contributed by atoms with Gasteiger partial charge in [-0.2, -0.15) is 0 Å². The van der Waals surface area contributed by atoms with Crippen LogP contribution in [0.1, 0.15) is 45.4 Å². The Morgan fingerprint density at radius 2 is 1.71 bits per heavy atom. The van der Waals surface area contributed by atoms with E-state index in [4.69, 9.17) is 0 Å². The Bertz CT molecular complexity index is 400. The van der Waals surface area contributed by atoms with E-state index < -0.39 is 0 Å². The summed E-state index contributed by atoms with van der Waals surface area (Å²) in [7, 11) is 0. The van der Waals surface area contributed by atoms with Crippen molar-refractivity contribution in [1.82, 2.24) is 15.1 Å². The maximum Gasteiger partial charge on any atom is 0.228 e. The average Bonchev–Trinajstić information content (AvgIpc) is 2.86. The lowest BCUT2D eigenvalue weighted by Gasteiger charge is -2.45. The fourth-order valence-corrected chi connectivity index (χ4v) is 4.04. The van der Waals surface area contributed by atoms with Crippen LogP contribution in [0.4, 0.5) is 0 Å². The van der Waals surface area contributed by atoms with Gasteiger partial charge in [0.25, 0.3) is 0 Å². The molecule has 2 amide bonds. The molecule has 5 heteroatoms. The highest BCUT2D eigenvalue weighted by molar-refractivity contribution is 5.81. The Morgan fingerprint density at radius 1 is 1.00 bits per heavy atom. The molecule has 2 aliphatic heterocycles. The summed E-state index contributed by atoms with van der Waals surface area (Å²) >= 11 is 0. The van der Waals surface area contributed by atoms with Gasteiger partial charge in [0.05, 0.1) is 5.92 Å². The van der Waals surface area contributed by atoms with Crippen LogP contribution in [-0.4, -0.2) is 59.9 Å². The highest BCUT2D eigenvalue weighted by atomic mass is 16.2. The van der Waals surface area contributed by atoms with E-state index in [1.54, 1.807) is 6.92 Å². The smallest absolute Gasteiger partial charge is 0.228 e. The van der Waals surface area contributed by atoms with Crippen molar-refractivity contribution in [3.63, 3.8) is 0 Å². The first-order chi connectivity index (χ1) is 10.1. The molecule has 21 heavy (non-hydrogen) atoms. The van der Waals surface area contributed by atoms with E-state index >= 15 is 0 Å². The molecule has 1 aliphatic carbocycles. The topological polar surface area (TPSA) is 52.7 Å². The summed E-state index contributed by atoms with van der Waals surface area (Å²) in [6, 6.07) is 0.884. The van der Waals surface area contributed by atoms with Crippen molar-refractivity contribution in [3.8, 4) is 0 Å². The molecule has 3 rings (SSSR count). The third-order valence-corrected chi connectivity index (χ3v) is 5.26. The van der Waals surface area contributed by atoms with Crippen LogP contribution in [-0.2, 0) is 9.59 Å². The molecule has 3 fully saturated rings. The zero-order valence-electron chi connectivity index (χ0n) is 13.0. The quantitative estimate of drug-likeness (QED) is 0.844. The molecule has 0 spiro atoms. The first kappa shape index (κ1) is 14.8. The molecule has 0 radical (unpaired) electrons. The molecular weight excluding hydrogens is 266 g/mol. The van der Waals surface area contributed by atoms with Crippen LogP contribution in [0, 0.1) is 5.92 Å². The number of hydrogen-bond acceptors (Lipinski definition) is 3. The third-order valence-electron chi connectivity index (χ3n) is 5.26. The van der Waals surface area contributed by atoms with Gasteiger partial charge in [0, 0.05) is 45.2 Å². The largest absolute Gasteiger partial charge is 0.352 e. The summed E-state index contributed by atoms with van der Waals surface area (Å²) in [5.74, 6) is 0.499. The molecule has 1 atom stereocenters. The van der Waals surface area contributed by atoms with E-state index in [0.717, 1.165) is 32.1 Å². The average molecular weight is 293 g/mol. The van der Waals surface area contributed by atoms with Gasteiger partial charge in [-0.25, -0.2) is 0 Å². The molecule has 5 nitrogen and oxygen atoms in total. The number of amides is 2. The van der Waals surface area contributed by atoms with Crippen molar-refractivity contribution < 1.29 is 9.59 Å². The molecule has 0 bridgehead atoms. The second kappa shape index (κ2) is 6.34. The zero-order valence-corrected chi connectivity index (χ0v) is 13.0. The lowest BCUT2D eigenvalue weighted by Crippen LogP contribution is -2.58. The number of nitrogens with zero attached hydrogens (tertiary/aromatic N) is 2. The van der Waals surface area contributed by atoms with Crippen molar-refractivity contribution in [2.75, 3.05) is 26.2 Å². The number of hydrogen-bond donors (Lipinski definition) is 1. The number of rotatable bonds is 3. The molecule has 1 N–H and O–H groups in total. The van der Waals surface area contributed by atoms with Crippen LogP contribution < -0.4 is 5.32 Å². The molecule has 1 saturated carbocycles. The predicted molar refractivity (Wildman–Crippen MR) is 80.7 cm³/mol. The van der Waals surface area contributed by atoms with E-state index in [9.17, 15) is 9.59 Å². The molecule has 2 saturated heterocycles. The van der Waals surface area contributed by atoms with Crippen LogP contribution in [0.3, 0.4) is 0 Å². The fraction of sp³-hybridized carbons (Fsp3) is 0.875. The number of nitrogens with one attached hydrogen (secondary N) is 1. The van der Waals surface area contributed by atoms with Crippen LogP contribution in [0.2, 0.25) is 0 Å². The van der Waals surface area contributed by atoms with Crippen LogP contribution in [0.15, 0.2) is 0 Å². The van der Waals surface area contributed by atoms with Gasteiger partial charge >= 0.3 is 0 Å². The Morgan fingerprint density at radius 3 is 2.38 bits per heavy atom. The van der Waals surface area contributed by atoms with E-state index in [1.165, 1.54) is 32.1 Å². The molecule has 118 valence electrons. The lowest BCUT2D eigenvalue weighted by atomic mass is 9.88. The Kier molecular flexibility index (Phi) is 4.48. The minimum atomic E-state index is 0.00131. The van der Waals surface area contributed by atoms with Gasteiger partial charge in [0.2, 0.25) is 11.8 Å². The van der Waals surface area contributed by atoms with Crippen molar-refractivity contribution in [1.29, 1.82) is 0 Å². The molecule has 2 heterocycles. The highest BCUT2D eigenvalue weighted by Gasteiger charge is 2.40. The zero-order chi connectivity index (χ0) is 14.8. The van der Waals surface area contributed by atoms with Gasteiger partial charge < -0.3 is 10.2 Å². The second-order valence-electron chi connectivity index (χ2n) is 6.91. The second-order valence-corrected chi connectivity index (χ2v) is 6.91. The van der Waals surface area contributed by atoms with Crippen molar-refractivity contribution in [2.24, 2.45) is 5.92 Å². The maximum absolute atomic E-state index is 12.5. The normalized spacial score (nSPS) is 28.4. The molecule has 3 aliphatic rings. The molecule has 0 aromatic rings. The SMILES string of the molecule is CC(=O)NC1CCN(C(=O)C2CN(C3CCCCC3)C2)C1. The van der Waals surface area contributed by atoms with Gasteiger partial charge in [-0.3, -0.25) is 14.5 Å². The number of carbonyl (C=O) groups is 2. The maximum atomic E-state index is 12.5. The van der Waals surface area contributed by atoms with Gasteiger partial charge in [-0.05, 0) is 19.3 Å². The van der Waals surface area contributed by atoms with Crippen molar-refractivity contribution in [2.45, 2.75) is 57.5 Å². The van der Waals surface area contributed by atoms with Crippen LogP contribution in [0.25, 0.3) is 0 Å². The van der Waals surface area contributed by atoms with Gasteiger partial charge in [0.1, 0.15) is 0 Å². The van der Waals surface area contributed by atoms with E-state index in [2.05, 4.69) is 10.2 Å². The van der Waals surface area contributed by atoms with E-state index in [-0.39, 0.29) is 17.9 Å². The predicted octanol–water partition coefficient (Wildman–Crippen LogP) is 0.988. The molecule has 0 aromatic heterocycles. The summed E-state index contributed by atoms with van der Waals surface area (Å²) in [4.78, 5) is 28.0. The number of likely N-dealkylation sites (tertiary alicyclic amines) is 2. The molecule has 1 unspecified atom stereocenters. The van der Waals surface area contributed by atoms with Crippen molar-refractivity contribution in [3.05, 3.63) is 0 Å². The van der Waals surface area contributed by atoms with Crippen LogP contribution in [0.5, 0.6) is 0 Å². The highest BCUT2D eigenvalue weighted by Crippen LogP contribution is 2.29. The summed E-state index contributed by atoms with van der Waals surface area (Å²) in [6.07, 6.45) is 7.61. The monoisotopic (exact) mass is 293 g/mol. The molecular formula is C16H27N3O2. The lowest BCUT2D eigenvalue weighted by molar-refractivity contribution is -0.141. The van der Waals surface area contributed by atoms with Crippen LogP contribution >= 0.6 is 0 Å². The van der Waals surface area contributed by atoms with Crippen molar-refractivity contribution >= 4 is 11.8 Å². The Hall–Kier alpha value is -1.10. The summed E-state index contributed by atoms with van der Waals surface area (Å²) in [5.41, 5.74) is 0. The Labute approximate surface area is 127 Å². The van der Waals surface area contributed by atoms with E-state index in [0.29, 0.717) is 12.5 Å². The summed E-state index contributed by atoms with van der Waals surface area (Å²) in [6.45, 7) is 4.93. The summed E-state index contributed by atoms with van der Waals surface area (Å²) < 4.78 is 0. The standard InChI is InChI=1S/C16H27N3O2/c1-12(20)17-14-7-8-18(11-14)16(21)13-9-19(10-13)15-5-3-2-4-6-15/h13-15H,2-11H2,1H3,(H,17,20). The van der Waals surface area contributed by atoms with Gasteiger partial charge in [-0.1, -0.05) is 19.3 Å².